The first-order valence-electron chi connectivity index (χ1n) is 9.89. The summed E-state index contributed by atoms with van der Waals surface area (Å²) in [6.45, 7) is 0. The van der Waals surface area contributed by atoms with Crippen molar-refractivity contribution in [1.29, 1.82) is 0 Å². The maximum atomic E-state index is 12.6. The summed E-state index contributed by atoms with van der Waals surface area (Å²) < 4.78 is 0. The molecule has 0 aromatic heterocycles. The quantitative estimate of drug-likeness (QED) is 0.296. The molecule has 1 unspecified atom stereocenters. The van der Waals surface area contributed by atoms with E-state index in [0.717, 1.165) is 11.0 Å². The number of aliphatic carboxylic acids is 1. The minimum Gasteiger partial charge on any atom is -0.481 e. The molecular formula is C22H21Cl2N5O5. The molecule has 1 heterocycles. The van der Waals surface area contributed by atoms with Crippen molar-refractivity contribution >= 4 is 58.3 Å². The van der Waals surface area contributed by atoms with Gasteiger partial charge < -0.3 is 32.1 Å². The molecule has 2 aromatic rings. The van der Waals surface area contributed by atoms with Crippen molar-refractivity contribution in [1.82, 2.24) is 15.5 Å². The number of halogens is 2. The molecule has 1 aliphatic heterocycles. The highest BCUT2D eigenvalue weighted by Crippen LogP contribution is 2.38. The zero-order chi connectivity index (χ0) is 25.2. The van der Waals surface area contributed by atoms with Gasteiger partial charge in [0.15, 0.2) is 11.8 Å². The number of hydrogen-bond donors (Lipinski definition) is 5. The number of nitrogens with two attached hydrogens (primary N) is 2. The summed E-state index contributed by atoms with van der Waals surface area (Å²) in [5, 5.41) is 14.7. The van der Waals surface area contributed by atoms with Gasteiger partial charge in [0.2, 0.25) is 0 Å². The molecule has 3 amide bonds. The molecule has 0 bridgehead atoms. The third kappa shape index (κ3) is 5.41. The van der Waals surface area contributed by atoms with E-state index in [9.17, 15) is 24.3 Å². The number of nitrogens with zero attached hydrogens (tertiary/aromatic N) is 1. The third-order valence-corrected chi connectivity index (χ3v) is 5.71. The van der Waals surface area contributed by atoms with Crippen LogP contribution in [-0.2, 0) is 14.4 Å². The Hall–Kier alpha value is -3.76. The number of amides is 3. The van der Waals surface area contributed by atoms with Gasteiger partial charge in [-0.2, -0.15) is 0 Å². The molecule has 1 aliphatic rings. The Morgan fingerprint density at radius 3 is 2.41 bits per heavy atom. The number of carboxylic acid groups (broad SMARTS) is 1. The maximum Gasteiger partial charge on any atom is 0.316 e. The Bertz CT molecular complexity index is 1190. The molecule has 2 aromatic carbocycles. The second kappa shape index (κ2) is 10.0. The molecule has 0 fully saturated rings. The predicted octanol–water partition coefficient (Wildman–Crippen LogP) is 2.56. The van der Waals surface area contributed by atoms with Gasteiger partial charge in [0.25, 0.3) is 5.91 Å². The van der Waals surface area contributed by atoms with Gasteiger partial charge in [0, 0.05) is 36.3 Å². The van der Waals surface area contributed by atoms with E-state index in [1.54, 1.807) is 12.1 Å². The SMILES string of the molecule is CN1C=CC(=O)C(NC(=O)N[C@@H](CC(=O)O)c2cc(-c3c(Cl)cc(N)cc3Cl)ccc2N)C1=O. The Morgan fingerprint density at radius 2 is 1.79 bits per heavy atom. The van der Waals surface area contributed by atoms with Gasteiger partial charge in [-0.15, -0.1) is 0 Å². The molecule has 34 heavy (non-hydrogen) atoms. The van der Waals surface area contributed by atoms with Crippen molar-refractivity contribution in [2.45, 2.75) is 18.5 Å². The van der Waals surface area contributed by atoms with Crippen LogP contribution in [0.15, 0.2) is 42.6 Å². The highest BCUT2D eigenvalue weighted by atomic mass is 35.5. The number of ketones is 1. The number of carbonyl (C=O) groups is 4. The van der Waals surface area contributed by atoms with Gasteiger partial charge in [-0.25, -0.2) is 4.79 Å². The van der Waals surface area contributed by atoms with Crippen molar-refractivity contribution < 1.29 is 24.3 Å². The number of hydrogen-bond acceptors (Lipinski definition) is 6. The van der Waals surface area contributed by atoms with Gasteiger partial charge in [-0.1, -0.05) is 29.3 Å². The van der Waals surface area contributed by atoms with Gasteiger partial charge in [0.05, 0.1) is 22.5 Å². The van der Waals surface area contributed by atoms with Crippen LogP contribution in [0.25, 0.3) is 11.1 Å². The van der Waals surface area contributed by atoms with E-state index in [0.29, 0.717) is 16.8 Å². The summed E-state index contributed by atoms with van der Waals surface area (Å²) in [4.78, 5) is 49.6. The second-order valence-electron chi connectivity index (χ2n) is 7.57. The molecule has 3 rings (SSSR count). The number of carboxylic acids is 1. The van der Waals surface area contributed by atoms with Crippen LogP contribution in [-0.4, -0.2) is 46.8 Å². The number of nitrogen functional groups attached to an aromatic ring is 2. The number of benzene rings is 2. The monoisotopic (exact) mass is 505 g/mol. The van der Waals surface area contributed by atoms with Crippen molar-refractivity contribution in [2.24, 2.45) is 0 Å². The molecule has 178 valence electrons. The lowest BCUT2D eigenvalue weighted by atomic mass is 9.96. The summed E-state index contributed by atoms with van der Waals surface area (Å²) in [5.41, 5.74) is 13.7. The third-order valence-electron chi connectivity index (χ3n) is 5.12. The largest absolute Gasteiger partial charge is 0.481 e. The molecule has 2 atom stereocenters. The van der Waals surface area contributed by atoms with E-state index in [2.05, 4.69) is 10.6 Å². The predicted molar refractivity (Wildman–Crippen MR) is 128 cm³/mol. The highest BCUT2D eigenvalue weighted by molar-refractivity contribution is 6.39. The minimum absolute atomic E-state index is 0.200. The topological polar surface area (TPSA) is 168 Å². The molecule has 0 aliphatic carbocycles. The van der Waals surface area contributed by atoms with Crippen LogP contribution in [0.1, 0.15) is 18.0 Å². The summed E-state index contributed by atoms with van der Waals surface area (Å²) in [5.74, 6) is -2.46. The first-order valence-corrected chi connectivity index (χ1v) is 10.7. The van der Waals surface area contributed by atoms with Crippen LogP contribution >= 0.6 is 23.2 Å². The number of carbonyl (C=O) groups excluding carboxylic acids is 3. The van der Waals surface area contributed by atoms with Gasteiger partial charge in [-0.3, -0.25) is 14.4 Å². The second-order valence-corrected chi connectivity index (χ2v) is 8.39. The lowest BCUT2D eigenvalue weighted by Crippen LogP contribution is -2.55. The molecule has 7 N–H and O–H groups in total. The summed E-state index contributed by atoms with van der Waals surface area (Å²) in [6.07, 6.45) is 1.91. The van der Waals surface area contributed by atoms with E-state index in [1.165, 1.54) is 31.4 Å². The zero-order valence-electron chi connectivity index (χ0n) is 17.8. The summed E-state index contributed by atoms with van der Waals surface area (Å²) in [7, 11) is 1.44. The van der Waals surface area contributed by atoms with Crippen molar-refractivity contribution in [3.63, 3.8) is 0 Å². The fraction of sp³-hybridized carbons (Fsp3) is 0.182. The lowest BCUT2D eigenvalue weighted by Gasteiger charge is -2.26. The van der Waals surface area contributed by atoms with Crippen LogP contribution < -0.4 is 22.1 Å². The van der Waals surface area contributed by atoms with Crippen LogP contribution in [0.2, 0.25) is 10.0 Å². The Morgan fingerprint density at radius 1 is 1.15 bits per heavy atom. The van der Waals surface area contributed by atoms with Gasteiger partial charge in [0.1, 0.15) is 0 Å². The molecule has 10 nitrogen and oxygen atoms in total. The molecule has 12 heteroatoms. The van der Waals surface area contributed by atoms with Crippen LogP contribution in [0.3, 0.4) is 0 Å². The van der Waals surface area contributed by atoms with Gasteiger partial charge >= 0.3 is 12.0 Å². The van der Waals surface area contributed by atoms with Gasteiger partial charge in [-0.05, 0) is 35.4 Å². The smallest absolute Gasteiger partial charge is 0.316 e. The molecular weight excluding hydrogens is 485 g/mol. The van der Waals surface area contributed by atoms with E-state index >= 15 is 0 Å². The van der Waals surface area contributed by atoms with E-state index < -0.39 is 42.2 Å². The first-order chi connectivity index (χ1) is 16.0. The maximum absolute atomic E-state index is 12.6. The number of likely N-dealkylation sites (N-methyl/N-ethyl adjacent to an activating group) is 1. The zero-order valence-corrected chi connectivity index (χ0v) is 19.4. The molecule has 0 radical (unpaired) electrons. The number of nitrogens with one attached hydrogen (secondary N) is 2. The van der Waals surface area contributed by atoms with E-state index in [-0.39, 0.29) is 21.3 Å². The van der Waals surface area contributed by atoms with Crippen molar-refractivity contribution in [3.8, 4) is 11.1 Å². The first kappa shape index (κ1) is 24.9. The van der Waals surface area contributed by atoms with Crippen LogP contribution in [0.5, 0.6) is 0 Å². The van der Waals surface area contributed by atoms with Crippen molar-refractivity contribution in [3.05, 3.63) is 58.2 Å². The minimum atomic E-state index is -1.43. The number of anilines is 2. The fourth-order valence-electron chi connectivity index (χ4n) is 3.46. The van der Waals surface area contributed by atoms with E-state index in [4.69, 9.17) is 34.7 Å². The molecule has 0 spiro atoms. The number of rotatable bonds is 6. The average molecular weight is 506 g/mol. The Balaban J connectivity index is 1.92. The highest BCUT2D eigenvalue weighted by Gasteiger charge is 2.32. The average Bonchev–Trinajstić information content (AvgIpc) is 2.73. The van der Waals surface area contributed by atoms with Crippen LogP contribution in [0, 0.1) is 0 Å². The fourth-order valence-corrected chi connectivity index (χ4v) is 4.18. The normalized spacial score (nSPS) is 16.3. The summed E-state index contributed by atoms with van der Waals surface area (Å²) >= 11 is 12.6. The Kier molecular flexibility index (Phi) is 7.33. The summed E-state index contributed by atoms with van der Waals surface area (Å²) in [6, 6.07) is 4.29. The van der Waals surface area contributed by atoms with Crippen LogP contribution in [0.4, 0.5) is 16.2 Å². The molecule has 0 saturated heterocycles. The molecule has 0 saturated carbocycles. The van der Waals surface area contributed by atoms with Crippen molar-refractivity contribution in [2.75, 3.05) is 18.5 Å². The van der Waals surface area contributed by atoms with E-state index in [1.807, 2.05) is 0 Å². The standard InChI is InChI=1S/C22H21Cl2N5O5/c1-29-5-4-17(30)20(21(29)33)28-22(34)27-16(9-18(31)32)12-6-10(2-3-15(12)26)19-13(23)7-11(25)8-14(19)24/h2-8,16,20H,9,25-26H2,1H3,(H,31,32)(H2,27,28,34)/t16-,20?/m0/s1. The Labute approximate surface area is 204 Å². The lowest BCUT2D eigenvalue weighted by molar-refractivity contribution is -0.138. The number of urea groups is 1.